The lowest BCUT2D eigenvalue weighted by molar-refractivity contribution is -0.140. The molecule has 0 aromatic carbocycles. The van der Waals surface area contributed by atoms with Gasteiger partial charge in [0.15, 0.2) is 0 Å². The number of rotatable bonds is 4. The Morgan fingerprint density at radius 3 is 1.96 bits per heavy atom. The number of hydrogen-bond donors (Lipinski definition) is 0. The highest BCUT2D eigenvalue weighted by atomic mass is 19.4. The number of alkyl halides is 3. The minimum absolute atomic E-state index is 0.149. The number of hydrogen-bond acceptors (Lipinski definition) is 2. The quantitative estimate of drug-likeness (QED) is 0.774. The molecule has 150 valence electrons. The molecule has 2 aliphatic carbocycles. The number of nitrogens with zero attached hydrogens (tertiary/aromatic N) is 2. The van der Waals surface area contributed by atoms with Crippen LogP contribution in [0.3, 0.4) is 0 Å². The lowest BCUT2D eigenvalue weighted by atomic mass is 9.88. The summed E-state index contributed by atoms with van der Waals surface area (Å²) in [6.07, 6.45) is 6.63. The van der Waals surface area contributed by atoms with Gasteiger partial charge in [-0.15, -0.1) is 0 Å². The van der Waals surface area contributed by atoms with E-state index < -0.39 is 17.3 Å². The highest BCUT2D eigenvalue weighted by Crippen LogP contribution is 2.31. The molecule has 27 heavy (non-hydrogen) atoms. The zero-order chi connectivity index (χ0) is 19.4. The second kappa shape index (κ2) is 8.48. The van der Waals surface area contributed by atoms with Crippen LogP contribution in [-0.4, -0.2) is 27.5 Å². The second-order valence-electron chi connectivity index (χ2n) is 7.77. The van der Waals surface area contributed by atoms with Gasteiger partial charge < -0.3 is 9.47 Å². The minimum Gasteiger partial charge on any atom is -0.335 e. The van der Waals surface area contributed by atoms with Crippen LogP contribution in [0.2, 0.25) is 0 Å². The molecule has 0 spiro atoms. The van der Waals surface area contributed by atoms with Gasteiger partial charge in [-0.2, -0.15) is 13.2 Å². The lowest BCUT2D eigenvalue weighted by Gasteiger charge is -2.42. The van der Waals surface area contributed by atoms with Crippen molar-refractivity contribution < 1.29 is 18.0 Å². The van der Waals surface area contributed by atoms with Gasteiger partial charge >= 0.3 is 6.18 Å². The molecule has 0 saturated heterocycles. The SMILES string of the molecule is O=C(Cn1cc(C(F)(F)F)ccc1=O)N(C1CCCCC1)C1CCCCC1. The summed E-state index contributed by atoms with van der Waals surface area (Å²) in [5.41, 5.74) is -1.49. The molecule has 1 aromatic rings. The molecule has 2 aliphatic rings. The molecule has 0 aliphatic heterocycles. The zero-order valence-corrected chi connectivity index (χ0v) is 15.5. The summed E-state index contributed by atoms with van der Waals surface area (Å²) in [6, 6.07) is 1.96. The van der Waals surface area contributed by atoms with E-state index in [-0.39, 0.29) is 24.5 Å². The van der Waals surface area contributed by atoms with E-state index in [1.54, 1.807) is 0 Å². The first-order chi connectivity index (χ1) is 12.9. The van der Waals surface area contributed by atoms with Crippen molar-refractivity contribution in [1.82, 2.24) is 9.47 Å². The smallest absolute Gasteiger partial charge is 0.335 e. The number of carbonyl (C=O) groups is 1. The van der Waals surface area contributed by atoms with E-state index in [0.717, 1.165) is 87.1 Å². The lowest BCUT2D eigenvalue weighted by Crippen LogP contribution is -2.50. The number of halogens is 3. The van der Waals surface area contributed by atoms with Crippen LogP contribution in [0.25, 0.3) is 0 Å². The van der Waals surface area contributed by atoms with E-state index >= 15 is 0 Å². The Hall–Kier alpha value is -1.79. The van der Waals surface area contributed by atoms with Crippen LogP contribution >= 0.6 is 0 Å². The Morgan fingerprint density at radius 1 is 0.963 bits per heavy atom. The van der Waals surface area contributed by atoms with Crippen molar-refractivity contribution >= 4 is 5.91 Å². The first-order valence-corrected chi connectivity index (χ1v) is 9.95. The Kier molecular flexibility index (Phi) is 6.27. The topological polar surface area (TPSA) is 42.3 Å². The maximum absolute atomic E-state index is 13.1. The third kappa shape index (κ3) is 4.93. The summed E-state index contributed by atoms with van der Waals surface area (Å²) in [6.45, 7) is -0.324. The first-order valence-electron chi connectivity index (χ1n) is 9.95. The third-order valence-corrected chi connectivity index (χ3v) is 5.84. The highest BCUT2D eigenvalue weighted by Gasteiger charge is 2.34. The maximum atomic E-state index is 13.1. The van der Waals surface area contributed by atoms with Crippen LogP contribution in [0.4, 0.5) is 13.2 Å². The van der Waals surface area contributed by atoms with Gasteiger partial charge in [0.2, 0.25) is 5.91 Å². The van der Waals surface area contributed by atoms with Crippen LogP contribution in [0.15, 0.2) is 23.1 Å². The molecule has 0 radical (unpaired) electrons. The summed E-state index contributed by atoms with van der Waals surface area (Å²) >= 11 is 0. The summed E-state index contributed by atoms with van der Waals surface area (Å²) < 4.78 is 39.8. The first kappa shape index (κ1) is 20.0. The minimum atomic E-state index is -4.54. The van der Waals surface area contributed by atoms with Crippen molar-refractivity contribution in [1.29, 1.82) is 0 Å². The van der Waals surface area contributed by atoms with Gasteiger partial charge in [0.25, 0.3) is 5.56 Å². The molecule has 0 N–H and O–H groups in total. The molecule has 0 unspecified atom stereocenters. The summed E-state index contributed by atoms with van der Waals surface area (Å²) in [5, 5.41) is 0. The molecular formula is C20H27F3N2O2. The monoisotopic (exact) mass is 384 g/mol. The van der Waals surface area contributed by atoms with E-state index in [1.165, 1.54) is 0 Å². The van der Waals surface area contributed by atoms with Crippen molar-refractivity contribution in [2.75, 3.05) is 0 Å². The van der Waals surface area contributed by atoms with Crippen LogP contribution in [0.1, 0.15) is 69.8 Å². The van der Waals surface area contributed by atoms with Crippen molar-refractivity contribution in [2.45, 2.75) is 89.0 Å². The Labute approximate surface area is 157 Å². The molecule has 1 aromatic heterocycles. The molecule has 4 nitrogen and oxygen atoms in total. The third-order valence-electron chi connectivity index (χ3n) is 5.84. The van der Waals surface area contributed by atoms with Crippen molar-refractivity contribution in [3.8, 4) is 0 Å². The molecule has 0 atom stereocenters. The van der Waals surface area contributed by atoms with Crippen molar-refractivity contribution in [3.05, 3.63) is 34.2 Å². The van der Waals surface area contributed by atoms with Crippen molar-refractivity contribution in [2.24, 2.45) is 0 Å². The molecule has 7 heteroatoms. The van der Waals surface area contributed by atoms with E-state index in [4.69, 9.17) is 0 Å². The van der Waals surface area contributed by atoms with Crippen LogP contribution < -0.4 is 5.56 Å². The van der Waals surface area contributed by atoms with E-state index in [0.29, 0.717) is 0 Å². The number of amides is 1. The van der Waals surface area contributed by atoms with Gasteiger partial charge in [-0.05, 0) is 31.7 Å². The summed E-state index contributed by atoms with van der Waals surface area (Å²) in [4.78, 5) is 27.1. The largest absolute Gasteiger partial charge is 0.417 e. The second-order valence-corrected chi connectivity index (χ2v) is 7.77. The summed E-state index contributed by atoms with van der Waals surface area (Å²) in [7, 11) is 0. The highest BCUT2D eigenvalue weighted by molar-refractivity contribution is 5.76. The van der Waals surface area contributed by atoms with Crippen LogP contribution in [0, 0.1) is 0 Å². The fourth-order valence-corrected chi connectivity index (χ4v) is 4.47. The normalized spacial score (nSPS) is 19.8. The average Bonchev–Trinajstić information content (AvgIpc) is 2.64. The van der Waals surface area contributed by atoms with Gasteiger partial charge in [-0.3, -0.25) is 9.59 Å². The predicted octanol–water partition coefficient (Wildman–Crippen LogP) is 4.36. The average molecular weight is 384 g/mol. The Morgan fingerprint density at radius 2 is 1.48 bits per heavy atom. The van der Waals surface area contributed by atoms with E-state index in [1.807, 2.05) is 4.90 Å². The number of carbonyl (C=O) groups excluding carboxylic acids is 1. The summed E-state index contributed by atoms with van der Waals surface area (Å²) in [5.74, 6) is -0.227. The molecule has 1 heterocycles. The molecule has 2 saturated carbocycles. The zero-order valence-electron chi connectivity index (χ0n) is 15.5. The van der Waals surface area contributed by atoms with Gasteiger partial charge in [-0.25, -0.2) is 0 Å². The predicted molar refractivity (Wildman–Crippen MR) is 96.3 cm³/mol. The maximum Gasteiger partial charge on any atom is 0.417 e. The molecular weight excluding hydrogens is 357 g/mol. The molecule has 2 fully saturated rings. The van der Waals surface area contributed by atoms with Gasteiger partial charge in [0, 0.05) is 24.3 Å². The number of pyridine rings is 1. The molecule has 3 rings (SSSR count). The fraction of sp³-hybridized carbons (Fsp3) is 0.700. The fourth-order valence-electron chi connectivity index (χ4n) is 4.47. The Bertz CT molecular complexity index is 684. The van der Waals surface area contributed by atoms with Gasteiger partial charge in [0.1, 0.15) is 6.54 Å². The van der Waals surface area contributed by atoms with Gasteiger partial charge in [0.05, 0.1) is 5.56 Å². The van der Waals surface area contributed by atoms with Crippen LogP contribution in [-0.2, 0) is 17.5 Å². The molecule has 1 amide bonds. The standard InChI is InChI=1S/C20H27F3N2O2/c21-20(22,23)15-11-12-18(26)24(13-15)14-19(27)25(16-7-3-1-4-8-16)17-9-5-2-6-10-17/h11-13,16-17H,1-10,14H2. The molecule has 0 bridgehead atoms. The Balaban J connectivity index is 1.82. The van der Waals surface area contributed by atoms with E-state index in [9.17, 15) is 22.8 Å². The van der Waals surface area contributed by atoms with Gasteiger partial charge in [-0.1, -0.05) is 38.5 Å². The van der Waals surface area contributed by atoms with E-state index in [2.05, 4.69) is 0 Å². The van der Waals surface area contributed by atoms with Crippen molar-refractivity contribution in [3.63, 3.8) is 0 Å². The van der Waals surface area contributed by atoms with Crippen LogP contribution in [0.5, 0.6) is 0 Å². The number of aromatic nitrogens is 1.